The number of phenolic OH excluding ortho intramolecular Hbond substituents is 1. The summed E-state index contributed by atoms with van der Waals surface area (Å²) in [6, 6.07) is 0. The van der Waals surface area contributed by atoms with Crippen LogP contribution in [0, 0.1) is 13.8 Å². The highest BCUT2D eigenvalue weighted by atomic mass is 16.6. The first-order valence-corrected chi connectivity index (χ1v) is 8.26. The maximum Gasteiger partial charge on any atom is 0.133 e. The molecule has 4 nitrogen and oxygen atoms in total. The lowest BCUT2D eigenvalue weighted by atomic mass is 9.72. The number of oxime groups is 1. The summed E-state index contributed by atoms with van der Waals surface area (Å²) in [6.45, 7) is 8.50. The average Bonchev–Trinajstić information content (AvgIpc) is 2.49. The summed E-state index contributed by atoms with van der Waals surface area (Å²) in [5.41, 5.74) is 4.61. The van der Waals surface area contributed by atoms with Gasteiger partial charge in [0.25, 0.3) is 0 Å². The Balaban J connectivity index is 2.21. The van der Waals surface area contributed by atoms with E-state index in [-0.39, 0.29) is 5.60 Å². The molecule has 2 aliphatic rings. The highest BCUT2D eigenvalue weighted by Crippen LogP contribution is 2.49. The fourth-order valence-corrected chi connectivity index (χ4v) is 3.51. The van der Waals surface area contributed by atoms with E-state index in [1.165, 1.54) is 6.42 Å². The van der Waals surface area contributed by atoms with Crippen LogP contribution >= 0.6 is 0 Å². The van der Waals surface area contributed by atoms with Gasteiger partial charge in [0.05, 0.1) is 5.71 Å². The molecule has 1 spiro atoms. The van der Waals surface area contributed by atoms with Crippen LogP contribution in [0.15, 0.2) is 5.16 Å². The number of nitrogens with zero attached hydrogens (tertiary/aromatic N) is 1. The summed E-state index contributed by atoms with van der Waals surface area (Å²) in [5, 5.41) is 14.9. The second-order valence-electron chi connectivity index (χ2n) is 6.41. The predicted molar refractivity (Wildman–Crippen MR) is 86.9 cm³/mol. The third-order valence-electron chi connectivity index (χ3n) is 5.09. The third kappa shape index (κ3) is 2.16. The summed E-state index contributed by atoms with van der Waals surface area (Å²) < 4.78 is 6.43. The van der Waals surface area contributed by atoms with Gasteiger partial charge in [-0.1, -0.05) is 12.1 Å². The molecule has 4 heteroatoms. The summed E-state index contributed by atoms with van der Waals surface area (Å²) in [4.78, 5) is 5.35. The Morgan fingerprint density at radius 3 is 2.50 bits per heavy atom. The van der Waals surface area contributed by atoms with Crippen LogP contribution in [0.4, 0.5) is 0 Å². The highest BCUT2D eigenvalue weighted by Gasteiger charge is 2.46. The predicted octanol–water partition coefficient (Wildman–Crippen LogP) is 4.02. The van der Waals surface area contributed by atoms with Gasteiger partial charge in [-0.3, -0.25) is 0 Å². The SMILES string of the molecule is CCON=C1CC2(CCC2)Oc2c(C)c(C)c(O)c(CC)c21. The molecule has 120 valence electrons. The van der Waals surface area contributed by atoms with Crippen molar-refractivity contribution < 1.29 is 14.7 Å². The van der Waals surface area contributed by atoms with Crippen LogP contribution < -0.4 is 4.74 Å². The molecular weight excluding hydrogens is 278 g/mol. The topological polar surface area (TPSA) is 51.0 Å². The number of rotatable bonds is 3. The Morgan fingerprint density at radius 2 is 1.95 bits per heavy atom. The number of ether oxygens (including phenoxy) is 1. The number of hydrogen-bond donors (Lipinski definition) is 1. The maximum absolute atomic E-state index is 10.5. The van der Waals surface area contributed by atoms with Crippen LogP contribution in [0.2, 0.25) is 0 Å². The van der Waals surface area contributed by atoms with E-state index in [0.29, 0.717) is 12.4 Å². The maximum atomic E-state index is 10.5. The fraction of sp³-hybridized carbons (Fsp3) is 0.611. The molecule has 0 atom stereocenters. The molecule has 0 amide bonds. The van der Waals surface area contributed by atoms with Gasteiger partial charge in [0, 0.05) is 17.5 Å². The van der Waals surface area contributed by atoms with Gasteiger partial charge in [-0.05, 0) is 57.6 Å². The van der Waals surface area contributed by atoms with Gasteiger partial charge in [0.2, 0.25) is 0 Å². The Labute approximate surface area is 132 Å². The fourth-order valence-electron chi connectivity index (χ4n) is 3.51. The van der Waals surface area contributed by atoms with Gasteiger partial charge in [-0.25, -0.2) is 0 Å². The van der Waals surface area contributed by atoms with E-state index in [9.17, 15) is 5.11 Å². The third-order valence-corrected chi connectivity index (χ3v) is 5.09. The molecule has 0 saturated heterocycles. The van der Waals surface area contributed by atoms with Crippen LogP contribution in [-0.2, 0) is 11.3 Å². The van der Waals surface area contributed by atoms with Crippen molar-refractivity contribution in [3.63, 3.8) is 0 Å². The van der Waals surface area contributed by atoms with Crippen molar-refractivity contribution in [1.82, 2.24) is 0 Å². The van der Waals surface area contributed by atoms with Gasteiger partial charge in [0.15, 0.2) is 0 Å². The molecule has 0 unspecified atom stereocenters. The van der Waals surface area contributed by atoms with Gasteiger partial charge in [-0.15, -0.1) is 0 Å². The first-order chi connectivity index (χ1) is 10.5. The lowest BCUT2D eigenvalue weighted by Crippen LogP contribution is -2.48. The van der Waals surface area contributed by atoms with E-state index in [2.05, 4.69) is 12.1 Å². The van der Waals surface area contributed by atoms with Gasteiger partial charge >= 0.3 is 0 Å². The van der Waals surface area contributed by atoms with E-state index < -0.39 is 0 Å². The number of aromatic hydroxyl groups is 1. The van der Waals surface area contributed by atoms with Gasteiger partial charge in [-0.2, -0.15) is 0 Å². The molecular formula is C18H25NO3. The minimum Gasteiger partial charge on any atom is -0.507 e. The minimum atomic E-state index is -0.109. The van der Waals surface area contributed by atoms with Crippen LogP contribution in [0.25, 0.3) is 0 Å². The molecule has 1 aromatic rings. The second kappa shape index (κ2) is 5.49. The van der Waals surface area contributed by atoms with E-state index in [0.717, 1.165) is 59.4 Å². The summed E-state index contributed by atoms with van der Waals surface area (Å²) in [7, 11) is 0. The Morgan fingerprint density at radius 1 is 1.23 bits per heavy atom. The zero-order valence-electron chi connectivity index (χ0n) is 14.0. The number of phenols is 1. The van der Waals surface area contributed by atoms with E-state index in [4.69, 9.17) is 9.57 Å². The molecule has 0 bridgehead atoms. The van der Waals surface area contributed by atoms with E-state index in [1.54, 1.807) is 0 Å². The van der Waals surface area contributed by atoms with Crippen LogP contribution in [0.3, 0.4) is 0 Å². The molecule has 1 heterocycles. The van der Waals surface area contributed by atoms with Crippen molar-refractivity contribution in [3.05, 3.63) is 22.3 Å². The van der Waals surface area contributed by atoms with Crippen molar-refractivity contribution in [2.45, 2.75) is 65.4 Å². The Bertz CT molecular complexity index is 630. The standard InChI is InChI=1S/C18H25NO3/c1-5-13-15-14(19-21-6-2)10-18(8-7-9-18)22-17(15)12(4)11(3)16(13)20/h20H,5-10H2,1-4H3. The smallest absolute Gasteiger partial charge is 0.133 e. The molecule has 1 aromatic carbocycles. The molecule has 22 heavy (non-hydrogen) atoms. The van der Waals surface area contributed by atoms with Gasteiger partial charge in [0.1, 0.15) is 23.7 Å². The molecule has 1 aliphatic carbocycles. The normalized spacial score (nSPS) is 20.5. The lowest BCUT2D eigenvalue weighted by Gasteiger charge is -2.46. The molecule has 0 aromatic heterocycles. The Hall–Kier alpha value is -1.71. The number of hydrogen-bond acceptors (Lipinski definition) is 4. The minimum absolute atomic E-state index is 0.109. The first-order valence-electron chi connectivity index (χ1n) is 8.26. The van der Waals surface area contributed by atoms with Crippen LogP contribution in [0.1, 0.15) is 61.8 Å². The highest BCUT2D eigenvalue weighted by molar-refractivity contribution is 6.06. The number of benzene rings is 1. The monoisotopic (exact) mass is 303 g/mol. The molecule has 1 aliphatic heterocycles. The Kier molecular flexibility index (Phi) is 3.79. The summed E-state index contributed by atoms with van der Waals surface area (Å²) in [6.07, 6.45) is 4.86. The van der Waals surface area contributed by atoms with Crippen molar-refractivity contribution in [2.75, 3.05) is 6.61 Å². The van der Waals surface area contributed by atoms with E-state index in [1.807, 2.05) is 20.8 Å². The van der Waals surface area contributed by atoms with Crippen molar-refractivity contribution in [3.8, 4) is 11.5 Å². The molecule has 1 saturated carbocycles. The quantitative estimate of drug-likeness (QED) is 0.858. The largest absolute Gasteiger partial charge is 0.507 e. The van der Waals surface area contributed by atoms with Crippen LogP contribution in [-0.4, -0.2) is 23.0 Å². The average molecular weight is 303 g/mol. The van der Waals surface area contributed by atoms with Gasteiger partial charge < -0.3 is 14.7 Å². The zero-order chi connectivity index (χ0) is 15.9. The van der Waals surface area contributed by atoms with E-state index >= 15 is 0 Å². The zero-order valence-corrected chi connectivity index (χ0v) is 14.0. The first kappa shape index (κ1) is 15.2. The van der Waals surface area contributed by atoms with Crippen molar-refractivity contribution >= 4 is 5.71 Å². The summed E-state index contributed by atoms with van der Waals surface area (Å²) in [5.74, 6) is 1.27. The van der Waals surface area contributed by atoms with Crippen molar-refractivity contribution in [2.24, 2.45) is 5.16 Å². The van der Waals surface area contributed by atoms with Crippen molar-refractivity contribution in [1.29, 1.82) is 0 Å². The van der Waals surface area contributed by atoms with Crippen LogP contribution in [0.5, 0.6) is 11.5 Å². The summed E-state index contributed by atoms with van der Waals surface area (Å²) >= 11 is 0. The number of fused-ring (bicyclic) bond motifs is 1. The molecule has 1 N–H and O–H groups in total. The lowest BCUT2D eigenvalue weighted by molar-refractivity contribution is -0.00683. The molecule has 0 radical (unpaired) electrons. The molecule has 3 rings (SSSR count). The molecule has 1 fully saturated rings. The second-order valence-corrected chi connectivity index (χ2v) is 6.41.